The van der Waals surface area contributed by atoms with E-state index >= 15 is 0 Å². The second-order valence-electron chi connectivity index (χ2n) is 5.24. The van der Waals surface area contributed by atoms with Gasteiger partial charge in [0.1, 0.15) is 23.9 Å². The molecule has 2 aromatic heterocycles. The number of nitrogens with zero attached hydrogens (tertiary/aromatic N) is 4. The van der Waals surface area contributed by atoms with E-state index in [4.69, 9.17) is 19.4 Å². The van der Waals surface area contributed by atoms with Crippen LogP contribution in [0.1, 0.15) is 11.1 Å². The van der Waals surface area contributed by atoms with Gasteiger partial charge in [-0.05, 0) is 24.3 Å². The van der Waals surface area contributed by atoms with Crippen molar-refractivity contribution in [2.24, 2.45) is 0 Å². The van der Waals surface area contributed by atoms with Crippen molar-refractivity contribution in [1.82, 2.24) is 9.97 Å². The van der Waals surface area contributed by atoms with Gasteiger partial charge in [-0.15, -0.1) is 0 Å². The van der Waals surface area contributed by atoms with E-state index < -0.39 is 0 Å². The van der Waals surface area contributed by atoms with E-state index in [0.717, 1.165) is 22.5 Å². The molecule has 2 heterocycles. The third-order valence-corrected chi connectivity index (χ3v) is 4.02. The van der Waals surface area contributed by atoms with Crippen molar-refractivity contribution in [2.75, 3.05) is 0 Å². The lowest BCUT2D eigenvalue weighted by Gasteiger charge is -1.93. The molecule has 0 aliphatic rings. The van der Waals surface area contributed by atoms with Crippen molar-refractivity contribution < 1.29 is 8.83 Å². The molecule has 0 aliphatic carbocycles. The predicted molar refractivity (Wildman–Crippen MR) is 106 cm³/mol. The summed E-state index contributed by atoms with van der Waals surface area (Å²) >= 11 is 2.01. The highest BCUT2D eigenvalue weighted by Crippen LogP contribution is 2.19. The van der Waals surface area contributed by atoms with Crippen LogP contribution in [-0.4, -0.2) is 9.97 Å². The Hall–Kier alpha value is -3.43. The Bertz CT molecular complexity index is 1090. The van der Waals surface area contributed by atoms with E-state index in [1.54, 1.807) is 36.8 Å². The summed E-state index contributed by atoms with van der Waals surface area (Å²) in [6, 6.07) is 18.5. The maximum Gasteiger partial charge on any atom is 0.257 e. The third kappa shape index (κ3) is 4.81. The SMILES string of the molecule is N#Cc1ccc(-c2coc(I)n2)cc1.N#Cc1ccc(-c2cocn2)cc1. The first-order valence-corrected chi connectivity index (χ1v) is 8.78. The summed E-state index contributed by atoms with van der Waals surface area (Å²) in [5, 5.41) is 17.2. The topological polar surface area (TPSA) is 99.6 Å². The molecular formula is C20H11IN4O2. The quantitative estimate of drug-likeness (QED) is 0.384. The standard InChI is InChI=1S/C10H5IN2O.C10H6N2O/c11-10-13-9(6-14-10)8-3-1-7(5-12)2-4-8;11-5-8-1-3-9(4-2-8)10-6-13-7-12-10/h1-4,6H;1-4,6-7H. The summed E-state index contributed by atoms with van der Waals surface area (Å²) in [6.45, 7) is 0. The number of hydrogen-bond donors (Lipinski definition) is 0. The van der Waals surface area contributed by atoms with Crippen LogP contribution in [0.4, 0.5) is 0 Å². The first-order valence-electron chi connectivity index (χ1n) is 7.70. The lowest BCUT2D eigenvalue weighted by molar-refractivity contribution is 0.525. The van der Waals surface area contributed by atoms with Crippen LogP contribution < -0.4 is 0 Å². The highest BCUT2D eigenvalue weighted by molar-refractivity contribution is 14.1. The molecule has 0 saturated heterocycles. The van der Waals surface area contributed by atoms with Gasteiger partial charge in [0, 0.05) is 33.7 Å². The summed E-state index contributed by atoms with van der Waals surface area (Å²) in [5.74, 6) is 0. The molecule has 130 valence electrons. The number of benzene rings is 2. The zero-order valence-corrected chi connectivity index (χ0v) is 16.0. The summed E-state index contributed by atoms with van der Waals surface area (Å²) < 4.78 is 10.5. The van der Waals surface area contributed by atoms with Crippen LogP contribution >= 0.6 is 22.6 Å². The highest BCUT2D eigenvalue weighted by Gasteiger charge is 2.03. The zero-order valence-electron chi connectivity index (χ0n) is 13.8. The van der Waals surface area contributed by atoms with Crippen molar-refractivity contribution in [3.8, 4) is 34.7 Å². The number of oxazole rings is 2. The maximum absolute atomic E-state index is 8.62. The van der Waals surface area contributed by atoms with E-state index in [2.05, 4.69) is 22.1 Å². The first kappa shape index (κ1) is 18.4. The Kier molecular flexibility index (Phi) is 5.98. The van der Waals surface area contributed by atoms with Crippen LogP contribution in [0.15, 0.2) is 76.3 Å². The summed E-state index contributed by atoms with van der Waals surface area (Å²) in [7, 11) is 0. The van der Waals surface area contributed by atoms with Crippen LogP contribution in [-0.2, 0) is 0 Å². The molecule has 2 aromatic carbocycles. The first-order chi connectivity index (χ1) is 13.2. The minimum Gasteiger partial charge on any atom is -0.451 e. The average Bonchev–Trinajstić information content (AvgIpc) is 3.41. The molecule has 0 amide bonds. The van der Waals surface area contributed by atoms with Gasteiger partial charge in [-0.2, -0.15) is 10.5 Å². The Morgan fingerprint density at radius 2 is 1.33 bits per heavy atom. The fourth-order valence-corrected chi connectivity index (χ4v) is 2.56. The van der Waals surface area contributed by atoms with Gasteiger partial charge in [-0.25, -0.2) is 9.97 Å². The molecule has 7 heteroatoms. The highest BCUT2D eigenvalue weighted by atomic mass is 127. The van der Waals surface area contributed by atoms with Gasteiger partial charge < -0.3 is 8.83 Å². The van der Waals surface area contributed by atoms with E-state index in [-0.39, 0.29) is 0 Å². The second-order valence-corrected chi connectivity index (χ2v) is 6.16. The number of halogens is 1. The fourth-order valence-electron chi connectivity index (χ4n) is 2.17. The maximum atomic E-state index is 8.62. The van der Waals surface area contributed by atoms with Crippen LogP contribution in [0.5, 0.6) is 0 Å². The zero-order chi connectivity index (χ0) is 19.1. The van der Waals surface area contributed by atoms with Gasteiger partial charge >= 0.3 is 0 Å². The van der Waals surface area contributed by atoms with E-state index in [9.17, 15) is 0 Å². The summed E-state index contributed by atoms with van der Waals surface area (Å²) in [5.41, 5.74) is 4.77. The molecule has 0 bridgehead atoms. The minimum absolute atomic E-state index is 0.613. The van der Waals surface area contributed by atoms with Gasteiger partial charge in [-0.1, -0.05) is 24.3 Å². The minimum atomic E-state index is 0.613. The van der Waals surface area contributed by atoms with Crippen molar-refractivity contribution >= 4 is 22.6 Å². The smallest absolute Gasteiger partial charge is 0.257 e. The average molecular weight is 466 g/mol. The van der Waals surface area contributed by atoms with Crippen LogP contribution in [0.2, 0.25) is 0 Å². The van der Waals surface area contributed by atoms with E-state index in [1.165, 1.54) is 6.39 Å². The summed E-state index contributed by atoms with van der Waals surface area (Å²) in [4.78, 5) is 8.17. The largest absolute Gasteiger partial charge is 0.451 e. The molecule has 0 unspecified atom stereocenters. The van der Waals surface area contributed by atoms with Gasteiger partial charge in [0.05, 0.1) is 23.3 Å². The van der Waals surface area contributed by atoms with Gasteiger partial charge in [0.25, 0.3) is 3.90 Å². The molecule has 6 nitrogen and oxygen atoms in total. The Morgan fingerprint density at radius 1 is 0.778 bits per heavy atom. The second kappa shape index (κ2) is 8.79. The lowest BCUT2D eigenvalue weighted by atomic mass is 10.1. The number of rotatable bonds is 2. The van der Waals surface area contributed by atoms with Crippen molar-refractivity contribution in [3.05, 3.63) is 82.5 Å². The van der Waals surface area contributed by atoms with Gasteiger partial charge in [0.2, 0.25) is 0 Å². The van der Waals surface area contributed by atoms with Crippen molar-refractivity contribution in [1.29, 1.82) is 10.5 Å². The number of nitriles is 2. The molecule has 0 aliphatic heterocycles. The van der Waals surface area contributed by atoms with E-state index in [0.29, 0.717) is 15.0 Å². The summed E-state index contributed by atoms with van der Waals surface area (Å²) in [6.07, 6.45) is 4.55. The van der Waals surface area contributed by atoms with Crippen LogP contribution in [0, 0.1) is 26.6 Å². The Morgan fingerprint density at radius 3 is 1.74 bits per heavy atom. The lowest BCUT2D eigenvalue weighted by Crippen LogP contribution is -1.78. The number of hydrogen-bond acceptors (Lipinski definition) is 6. The Balaban J connectivity index is 0.000000156. The molecule has 0 N–H and O–H groups in total. The van der Waals surface area contributed by atoms with Crippen molar-refractivity contribution in [2.45, 2.75) is 0 Å². The molecule has 0 spiro atoms. The predicted octanol–water partition coefficient (Wildman–Crippen LogP) is 5.03. The molecular weight excluding hydrogens is 455 g/mol. The van der Waals surface area contributed by atoms with Gasteiger partial charge in [-0.3, -0.25) is 0 Å². The Labute approximate surface area is 168 Å². The molecule has 0 radical (unpaired) electrons. The van der Waals surface area contributed by atoms with Crippen LogP contribution in [0.3, 0.4) is 0 Å². The van der Waals surface area contributed by atoms with Crippen molar-refractivity contribution in [3.63, 3.8) is 0 Å². The number of aromatic nitrogens is 2. The van der Waals surface area contributed by atoms with E-state index in [1.807, 2.05) is 46.9 Å². The van der Waals surface area contributed by atoms with Gasteiger partial charge in [0.15, 0.2) is 6.39 Å². The third-order valence-electron chi connectivity index (χ3n) is 3.53. The molecule has 0 saturated carbocycles. The molecule has 4 aromatic rings. The molecule has 0 fully saturated rings. The molecule has 27 heavy (non-hydrogen) atoms. The molecule has 0 atom stereocenters. The molecule has 4 rings (SSSR count). The van der Waals surface area contributed by atoms with Crippen LogP contribution in [0.25, 0.3) is 22.5 Å². The fraction of sp³-hybridized carbons (Fsp3) is 0. The monoisotopic (exact) mass is 466 g/mol. The normalized spacial score (nSPS) is 9.59.